The molecule has 2 aromatic rings. The molecule has 0 amide bonds. The van der Waals surface area contributed by atoms with E-state index in [-0.39, 0.29) is 18.2 Å². The molecule has 0 heterocycles. The Kier molecular flexibility index (Phi) is 5.04. The van der Waals surface area contributed by atoms with Crippen LogP contribution in [0.3, 0.4) is 0 Å². The number of benzene rings is 2. The van der Waals surface area contributed by atoms with E-state index in [2.05, 4.69) is 5.32 Å². The first-order valence-corrected chi connectivity index (χ1v) is 6.91. The van der Waals surface area contributed by atoms with Gasteiger partial charge in [-0.1, -0.05) is 30.3 Å². The van der Waals surface area contributed by atoms with Crippen LogP contribution < -0.4 is 5.32 Å². The number of halogens is 2. The molecule has 4 heteroatoms. The minimum atomic E-state index is -1.22. The van der Waals surface area contributed by atoms with Gasteiger partial charge >= 0.3 is 0 Å². The second kappa shape index (κ2) is 6.78. The molecule has 2 rings (SSSR count). The molecule has 0 radical (unpaired) electrons. The van der Waals surface area contributed by atoms with Gasteiger partial charge in [-0.25, -0.2) is 8.78 Å². The summed E-state index contributed by atoms with van der Waals surface area (Å²) >= 11 is 0. The lowest BCUT2D eigenvalue weighted by atomic mass is 10.0. The molecule has 0 bridgehead atoms. The van der Waals surface area contributed by atoms with Gasteiger partial charge in [0.25, 0.3) is 0 Å². The van der Waals surface area contributed by atoms with Crippen LogP contribution in [0.4, 0.5) is 8.78 Å². The van der Waals surface area contributed by atoms with Crippen molar-refractivity contribution in [2.24, 2.45) is 0 Å². The first-order valence-electron chi connectivity index (χ1n) is 6.91. The highest BCUT2D eigenvalue weighted by atomic mass is 19.1. The second-order valence-electron chi connectivity index (χ2n) is 5.14. The maximum atomic E-state index is 13.6. The van der Waals surface area contributed by atoms with Crippen molar-refractivity contribution in [3.8, 4) is 0 Å². The van der Waals surface area contributed by atoms with Gasteiger partial charge in [-0.15, -0.1) is 0 Å². The zero-order valence-corrected chi connectivity index (χ0v) is 12.1. The zero-order valence-electron chi connectivity index (χ0n) is 12.1. The van der Waals surface area contributed by atoms with Gasteiger partial charge in [0, 0.05) is 12.6 Å². The van der Waals surface area contributed by atoms with E-state index < -0.39 is 17.7 Å². The molecular formula is C17H19F2NO. The molecule has 21 heavy (non-hydrogen) atoms. The van der Waals surface area contributed by atoms with E-state index in [9.17, 15) is 13.9 Å². The summed E-state index contributed by atoms with van der Waals surface area (Å²) < 4.78 is 27.2. The topological polar surface area (TPSA) is 32.3 Å². The molecule has 2 N–H and O–H groups in total. The quantitative estimate of drug-likeness (QED) is 0.881. The van der Waals surface area contributed by atoms with Crippen LogP contribution in [0.25, 0.3) is 0 Å². The van der Waals surface area contributed by atoms with Gasteiger partial charge in [-0.2, -0.15) is 0 Å². The lowest BCUT2D eigenvalue weighted by molar-refractivity contribution is 0.161. The summed E-state index contributed by atoms with van der Waals surface area (Å²) in [6.07, 6.45) is -1.22. The number of aliphatic hydroxyl groups excluding tert-OH is 1. The number of hydrogen-bond donors (Lipinski definition) is 2. The van der Waals surface area contributed by atoms with Crippen LogP contribution in [0.5, 0.6) is 0 Å². The van der Waals surface area contributed by atoms with Gasteiger partial charge in [-0.3, -0.25) is 0 Å². The Morgan fingerprint density at radius 3 is 2.29 bits per heavy atom. The smallest absolute Gasteiger partial charge is 0.131 e. The molecule has 0 saturated heterocycles. The fourth-order valence-electron chi connectivity index (χ4n) is 2.40. The van der Waals surface area contributed by atoms with Crippen LogP contribution in [0, 0.1) is 18.6 Å². The van der Waals surface area contributed by atoms with Gasteiger partial charge in [0.2, 0.25) is 0 Å². The summed E-state index contributed by atoms with van der Waals surface area (Å²) in [5.41, 5.74) is 1.93. The van der Waals surface area contributed by atoms with E-state index in [1.165, 1.54) is 6.07 Å². The maximum absolute atomic E-state index is 13.6. The lowest BCUT2D eigenvalue weighted by Crippen LogP contribution is -2.26. The highest BCUT2D eigenvalue weighted by Crippen LogP contribution is 2.22. The maximum Gasteiger partial charge on any atom is 0.131 e. The molecule has 0 aromatic heterocycles. The molecule has 0 aliphatic heterocycles. The van der Waals surface area contributed by atoms with Crippen LogP contribution in [0.2, 0.25) is 0 Å². The largest absolute Gasteiger partial charge is 0.387 e. The summed E-state index contributed by atoms with van der Waals surface area (Å²) in [5.74, 6) is -1.46. The Hall–Kier alpha value is -1.78. The molecule has 0 aliphatic carbocycles. The highest BCUT2D eigenvalue weighted by Gasteiger charge is 2.18. The third kappa shape index (κ3) is 3.65. The predicted molar refractivity (Wildman–Crippen MR) is 78.9 cm³/mol. The van der Waals surface area contributed by atoms with E-state index in [4.69, 9.17) is 0 Å². The SMILES string of the molecule is Cc1ccccc1[C@@H](C)NCC(O)c1c(F)cccc1F. The van der Waals surface area contributed by atoms with Crippen LogP contribution in [0.1, 0.15) is 35.8 Å². The van der Waals surface area contributed by atoms with Crippen molar-refractivity contribution < 1.29 is 13.9 Å². The number of nitrogens with one attached hydrogen (secondary N) is 1. The van der Waals surface area contributed by atoms with Crippen molar-refractivity contribution in [2.45, 2.75) is 26.0 Å². The molecule has 1 unspecified atom stereocenters. The number of rotatable bonds is 5. The summed E-state index contributed by atoms with van der Waals surface area (Å²) in [6.45, 7) is 4.03. The first kappa shape index (κ1) is 15.6. The molecule has 2 nitrogen and oxygen atoms in total. The monoisotopic (exact) mass is 291 g/mol. The molecule has 112 valence electrons. The Labute approximate surface area is 123 Å². The Morgan fingerprint density at radius 1 is 1.05 bits per heavy atom. The molecule has 0 fully saturated rings. The van der Waals surface area contributed by atoms with Crippen molar-refractivity contribution in [3.05, 3.63) is 70.8 Å². The average molecular weight is 291 g/mol. The zero-order chi connectivity index (χ0) is 15.4. The minimum Gasteiger partial charge on any atom is -0.387 e. The summed E-state index contributed by atoms with van der Waals surface area (Å²) in [5, 5.41) is 13.1. The predicted octanol–water partition coefficient (Wildman–Crippen LogP) is 3.66. The average Bonchev–Trinajstić information content (AvgIpc) is 2.45. The standard InChI is InChI=1S/C17H19F2NO/c1-11-6-3-4-7-13(11)12(2)20-10-16(21)17-14(18)8-5-9-15(17)19/h3-9,12,16,20-21H,10H2,1-2H3/t12-,16?/m1/s1. The molecule has 0 saturated carbocycles. The number of aliphatic hydroxyl groups is 1. The molecule has 0 spiro atoms. The normalized spacial score (nSPS) is 14.0. The fourth-order valence-corrected chi connectivity index (χ4v) is 2.40. The van der Waals surface area contributed by atoms with Crippen molar-refractivity contribution >= 4 is 0 Å². The first-order chi connectivity index (χ1) is 10.0. The molecule has 0 aliphatic rings. The third-order valence-electron chi connectivity index (χ3n) is 3.61. The summed E-state index contributed by atoms with van der Waals surface area (Å²) in [6, 6.07) is 11.4. The Balaban J connectivity index is 2.04. The van der Waals surface area contributed by atoms with E-state index in [0.717, 1.165) is 23.3 Å². The van der Waals surface area contributed by atoms with Crippen molar-refractivity contribution in [1.82, 2.24) is 5.32 Å². The van der Waals surface area contributed by atoms with Crippen molar-refractivity contribution in [2.75, 3.05) is 6.54 Å². The minimum absolute atomic E-state index is 0.0179. The number of hydrogen-bond acceptors (Lipinski definition) is 2. The second-order valence-corrected chi connectivity index (χ2v) is 5.14. The molecule has 2 atom stereocenters. The van der Waals surface area contributed by atoms with Gasteiger partial charge in [0.05, 0.1) is 11.7 Å². The van der Waals surface area contributed by atoms with Crippen LogP contribution >= 0.6 is 0 Å². The van der Waals surface area contributed by atoms with Crippen molar-refractivity contribution in [3.63, 3.8) is 0 Å². The summed E-state index contributed by atoms with van der Waals surface area (Å²) in [4.78, 5) is 0. The van der Waals surface area contributed by atoms with E-state index >= 15 is 0 Å². The Bertz CT molecular complexity index is 595. The summed E-state index contributed by atoms with van der Waals surface area (Å²) in [7, 11) is 0. The van der Waals surface area contributed by atoms with Crippen LogP contribution in [0.15, 0.2) is 42.5 Å². The van der Waals surface area contributed by atoms with E-state index in [1.807, 2.05) is 38.1 Å². The van der Waals surface area contributed by atoms with Crippen molar-refractivity contribution in [1.29, 1.82) is 0 Å². The van der Waals surface area contributed by atoms with Crippen LogP contribution in [-0.2, 0) is 0 Å². The third-order valence-corrected chi connectivity index (χ3v) is 3.61. The fraction of sp³-hybridized carbons (Fsp3) is 0.294. The lowest BCUT2D eigenvalue weighted by Gasteiger charge is -2.19. The highest BCUT2D eigenvalue weighted by molar-refractivity contribution is 5.28. The number of aryl methyl sites for hydroxylation is 1. The Morgan fingerprint density at radius 2 is 1.67 bits per heavy atom. The van der Waals surface area contributed by atoms with Gasteiger partial charge in [-0.05, 0) is 37.1 Å². The van der Waals surface area contributed by atoms with Gasteiger partial charge < -0.3 is 10.4 Å². The van der Waals surface area contributed by atoms with Gasteiger partial charge in [0.15, 0.2) is 0 Å². The van der Waals surface area contributed by atoms with Gasteiger partial charge in [0.1, 0.15) is 11.6 Å². The molecular weight excluding hydrogens is 272 g/mol. The van der Waals surface area contributed by atoms with Crippen LogP contribution in [-0.4, -0.2) is 11.7 Å². The van der Waals surface area contributed by atoms with E-state index in [0.29, 0.717) is 0 Å². The van der Waals surface area contributed by atoms with E-state index in [1.54, 1.807) is 0 Å². The molecule has 2 aromatic carbocycles.